The maximum Gasteiger partial charge on any atom is 0.409 e. The summed E-state index contributed by atoms with van der Waals surface area (Å²) < 4.78 is 8.34. The van der Waals surface area contributed by atoms with Crippen molar-refractivity contribution in [1.29, 1.82) is 5.26 Å². The van der Waals surface area contributed by atoms with Crippen molar-refractivity contribution in [3.63, 3.8) is 0 Å². The number of hydrogen-bond acceptors (Lipinski definition) is 9. The molecule has 1 aliphatic rings. The molecule has 0 aliphatic carbocycles. The number of carbonyl (C=O) groups is 1. The summed E-state index contributed by atoms with van der Waals surface area (Å²) in [6.45, 7) is 5.35. The first kappa shape index (κ1) is 23.2. The lowest BCUT2D eigenvalue weighted by Crippen LogP contribution is -2.39. The molecule has 1 aliphatic heterocycles. The summed E-state index contributed by atoms with van der Waals surface area (Å²) in [6, 6.07) is 6.08. The van der Waals surface area contributed by atoms with Gasteiger partial charge in [-0.1, -0.05) is 5.21 Å². The molecule has 1 N–H and O–H groups in total. The Kier molecular flexibility index (Phi) is 6.20. The van der Waals surface area contributed by atoms with Gasteiger partial charge in [0.05, 0.1) is 31.1 Å². The van der Waals surface area contributed by atoms with Crippen LogP contribution in [0.15, 0.2) is 36.9 Å². The predicted molar refractivity (Wildman–Crippen MR) is 131 cm³/mol. The number of hydrogen-bond donors (Lipinski definition) is 1. The molecule has 0 radical (unpaired) electrons. The van der Waals surface area contributed by atoms with Crippen molar-refractivity contribution in [2.45, 2.75) is 38.8 Å². The Morgan fingerprint density at radius 2 is 2.00 bits per heavy atom. The Morgan fingerprint density at radius 1 is 1.19 bits per heavy atom. The van der Waals surface area contributed by atoms with Gasteiger partial charge in [0.15, 0.2) is 11.5 Å². The number of nitrogens with one attached hydrogen (secondary N) is 1. The SMILES string of the molecule is COC(=O)N1CCC(n2cc(-c3cnc(-n4ncc5cc(C#N)cnc54)cc3NC(C)C)nn2)CC1. The van der Waals surface area contributed by atoms with E-state index in [-0.39, 0.29) is 18.2 Å². The number of carbonyl (C=O) groups excluding carboxylic acids is 1. The van der Waals surface area contributed by atoms with Gasteiger partial charge in [0, 0.05) is 54.2 Å². The van der Waals surface area contributed by atoms with Gasteiger partial charge in [-0.05, 0) is 32.8 Å². The number of methoxy groups -OCH3 is 1. The van der Waals surface area contributed by atoms with Gasteiger partial charge < -0.3 is 15.0 Å². The second-order valence-corrected chi connectivity index (χ2v) is 8.96. The average Bonchev–Trinajstić information content (AvgIpc) is 3.55. The van der Waals surface area contributed by atoms with E-state index in [2.05, 4.69) is 50.6 Å². The largest absolute Gasteiger partial charge is 0.453 e. The Morgan fingerprint density at radius 3 is 2.72 bits per heavy atom. The number of fused-ring (bicyclic) bond motifs is 1. The van der Waals surface area contributed by atoms with Gasteiger partial charge in [-0.2, -0.15) is 15.0 Å². The van der Waals surface area contributed by atoms with Crippen LogP contribution >= 0.6 is 0 Å². The highest BCUT2D eigenvalue weighted by molar-refractivity contribution is 5.79. The van der Waals surface area contributed by atoms with Gasteiger partial charge in [-0.25, -0.2) is 19.4 Å². The molecule has 0 spiro atoms. The lowest BCUT2D eigenvalue weighted by Gasteiger charge is -2.30. The highest BCUT2D eigenvalue weighted by Gasteiger charge is 2.25. The highest BCUT2D eigenvalue weighted by Crippen LogP contribution is 2.30. The molecule has 12 heteroatoms. The summed E-state index contributed by atoms with van der Waals surface area (Å²) in [5.41, 5.74) is 3.47. The molecule has 1 fully saturated rings. The van der Waals surface area contributed by atoms with Gasteiger partial charge in [0.1, 0.15) is 11.8 Å². The first-order valence-corrected chi connectivity index (χ1v) is 11.7. The van der Waals surface area contributed by atoms with Crippen LogP contribution in [-0.2, 0) is 4.74 Å². The molecule has 5 heterocycles. The van der Waals surface area contributed by atoms with Crippen LogP contribution in [0.2, 0.25) is 0 Å². The fraction of sp³-hybridized carbons (Fsp3) is 0.375. The number of likely N-dealkylation sites (tertiary alicyclic amines) is 1. The van der Waals surface area contributed by atoms with E-state index in [1.807, 2.05) is 16.9 Å². The number of nitriles is 1. The minimum atomic E-state index is -0.297. The van der Waals surface area contributed by atoms with Crippen LogP contribution in [0.5, 0.6) is 0 Å². The molecule has 0 unspecified atom stereocenters. The number of pyridine rings is 2. The number of amides is 1. The summed E-state index contributed by atoms with van der Waals surface area (Å²) >= 11 is 0. The molecule has 0 aromatic carbocycles. The lowest BCUT2D eigenvalue weighted by atomic mass is 10.1. The Labute approximate surface area is 207 Å². The van der Waals surface area contributed by atoms with Crippen molar-refractivity contribution in [3.8, 4) is 23.1 Å². The summed E-state index contributed by atoms with van der Waals surface area (Å²) in [4.78, 5) is 22.5. The van der Waals surface area contributed by atoms with Crippen molar-refractivity contribution in [1.82, 2.24) is 39.6 Å². The van der Waals surface area contributed by atoms with E-state index in [9.17, 15) is 4.79 Å². The molecular formula is C24H26N10O2. The minimum Gasteiger partial charge on any atom is -0.453 e. The Balaban J connectivity index is 1.43. The first-order chi connectivity index (χ1) is 17.5. The third-order valence-electron chi connectivity index (χ3n) is 6.15. The predicted octanol–water partition coefficient (Wildman–Crippen LogP) is 3.17. The molecule has 184 valence electrons. The average molecular weight is 487 g/mol. The standard InChI is InChI=1S/C24H26N10O2/c1-15(2)29-20-9-22(34-23-17(12-28-34)8-16(10-25)11-27-23)26-13-19(20)21-14-33(31-30-21)18-4-6-32(7-5-18)24(35)36-3/h8-9,11-15,18H,4-7H2,1-3H3,(H,26,29). The van der Waals surface area contributed by atoms with Crippen LogP contribution in [0.3, 0.4) is 0 Å². The normalized spacial score (nSPS) is 14.2. The smallest absolute Gasteiger partial charge is 0.409 e. The van der Waals surface area contributed by atoms with Crippen LogP contribution in [0.1, 0.15) is 38.3 Å². The quantitative estimate of drug-likeness (QED) is 0.450. The van der Waals surface area contributed by atoms with Crippen LogP contribution in [0.4, 0.5) is 10.5 Å². The van der Waals surface area contributed by atoms with E-state index >= 15 is 0 Å². The molecule has 0 atom stereocenters. The summed E-state index contributed by atoms with van der Waals surface area (Å²) in [5, 5.41) is 26.6. The third kappa shape index (κ3) is 4.43. The van der Waals surface area contributed by atoms with Gasteiger partial charge in [-0.15, -0.1) is 5.10 Å². The van der Waals surface area contributed by atoms with E-state index in [1.54, 1.807) is 28.0 Å². The van der Waals surface area contributed by atoms with Crippen molar-refractivity contribution in [2.75, 3.05) is 25.5 Å². The number of piperidine rings is 1. The second-order valence-electron chi connectivity index (χ2n) is 8.96. The number of anilines is 1. The maximum atomic E-state index is 11.8. The van der Waals surface area contributed by atoms with Gasteiger partial charge >= 0.3 is 6.09 Å². The summed E-state index contributed by atoms with van der Waals surface area (Å²) in [5.74, 6) is 0.594. The number of nitrogens with zero attached hydrogens (tertiary/aromatic N) is 9. The summed E-state index contributed by atoms with van der Waals surface area (Å²) in [7, 11) is 1.40. The molecule has 0 saturated carbocycles. The number of aromatic nitrogens is 7. The van der Waals surface area contributed by atoms with Crippen molar-refractivity contribution >= 4 is 22.8 Å². The van der Waals surface area contributed by atoms with E-state index in [0.717, 1.165) is 29.5 Å². The second kappa shape index (κ2) is 9.61. The molecule has 1 saturated heterocycles. The van der Waals surface area contributed by atoms with E-state index < -0.39 is 0 Å². The van der Waals surface area contributed by atoms with Crippen LogP contribution in [0, 0.1) is 11.3 Å². The third-order valence-corrected chi connectivity index (χ3v) is 6.15. The summed E-state index contributed by atoms with van der Waals surface area (Å²) in [6.07, 6.45) is 8.13. The van der Waals surface area contributed by atoms with Crippen molar-refractivity contribution in [3.05, 3.63) is 42.5 Å². The maximum absolute atomic E-state index is 11.8. The number of rotatable bonds is 5. The molecule has 0 bridgehead atoms. The Hall–Kier alpha value is -4.53. The van der Waals surface area contributed by atoms with E-state index in [4.69, 9.17) is 10.00 Å². The lowest BCUT2D eigenvalue weighted by molar-refractivity contribution is 0.105. The molecule has 4 aromatic rings. The monoisotopic (exact) mass is 486 g/mol. The van der Waals surface area contributed by atoms with Crippen LogP contribution in [-0.4, -0.2) is 72.0 Å². The zero-order valence-corrected chi connectivity index (χ0v) is 20.3. The van der Waals surface area contributed by atoms with Crippen molar-refractivity contribution in [2.24, 2.45) is 0 Å². The molecule has 4 aromatic heterocycles. The molecular weight excluding hydrogens is 460 g/mol. The topological polar surface area (TPSA) is 140 Å². The highest BCUT2D eigenvalue weighted by atomic mass is 16.5. The molecule has 12 nitrogen and oxygen atoms in total. The fourth-order valence-corrected chi connectivity index (χ4v) is 4.37. The molecule has 36 heavy (non-hydrogen) atoms. The van der Waals surface area contributed by atoms with E-state index in [1.165, 1.54) is 13.3 Å². The first-order valence-electron chi connectivity index (χ1n) is 11.7. The van der Waals surface area contributed by atoms with Crippen LogP contribution < -0.4 is 5.32 Å². The van der Waals surface area contributed by atoms with Crippen LogP contribution in [0.25, 0.3) is 28.1 Å². The zero-order chi connectivity index (χ0) is 25.2. The Bertz CT molecular complexity index is 1440. The minimum absolute atomic E-state index is 0.153. The van der Waals surface area contributed by atoms with Gasteiger partial charge in [-0.3, -0.25) is 0 Å². The zero-order valence-electron chi connectivity index (χ0n) is 20.3. The van der Waals surface area contributed by atoms with E-state index in [0.29, 0.717) is 35.8 Å². The van der Waals surface area contributed by atoms with Crippen molar-refractivity contribution < 1.29 is 9.53 Å². The van der Waals surface area contributed by atoms with Gasteiger partial charge in [0.2, 0.25) is 0 Å². The molecule has 1 amide bonds. The molecule has 5 rings (SSSR count). The fourth-order valence-electron chi connectivity index (χ4n) is 4.37. The van der Waals surface area contributed by atoms with Gasteiger partial charge in [0.25, 0.3) is 0 Å². The number of ether oxygens (including phenoxy) is 1.